The fourth-order valence-electron chi connectivity index (χ4n) is 4.65. The molecule has 37 heavy (non-hydrogen) atoms. The third-order valence-electron chi connectivity index (χ3n) is 6.43. The quantitative estimate of drug-likeness (QED) is 0.374. The summed E-state index contributed by atoms with van der Waals surface area (Å²) in [7, 11) is -1.97. The van der Waals surface area contributed by atoms with Crippen LogP contribution in [0.15, 0.2) is 47.4 Å². The van der Waals surface area contributed by atoms with Gasteiger partial charge in [0, 0.05) is 29.4 Å². The van der Waals surface area contributed by atoms with Crippen LogP contribution in [-0.4, -0.2) is 45.1 Å². The average molecular weight is 534 g/mol. The molecule has 2 N–H and O–H groups in total. The maximum atomic E-state index is 13.5. The topological polar surface area (TPSA) is 72.4 Å². The number of nitrogens with zero attached hydrogens (tertiary/aromatic N) is 1. The molecule has 0 amide bonds. The van der Waals surface area contributed by atoms with E-state index >= 15 is 0 Å². The normalized spacial score (nSPS) is 14.7. The van der Waals surface area contributed by atoms with Crippen molar-refractivity contribution < 1.29 is 26.3 Å². The Kier molecular flexibility index (Phi) is 7.93. The Bertz CT molecular complexity index is 1430. The summed E-state index contributed by atoms with van der Waals surface area (Å²) in [6.45, 7) is -1.02. The van der Waals surface area contributed by atoms with Crippen LogP contribution < -0.4 is 15.4 Å². The summed E-state index contributed by atoms with van der Waals surface area (Å²) in [5, 5.41) is 7.29. The van der Waals surface area contributed by atoms with Gasteiger partial charge in [0.1, 0.15) is 12.3 Å². The van der Waals surface area contributed by atoms with E-state index in [1.807, 2.05) is 6.07 Å². The molecule has 1 heterocycles. The molecule has 0 saturated heterocycles. The Hall–Kier alpha value is -3.32. The summed E-state index contributed by atoms with van der Waals surface area (Å²) in [6.07, 6.45) is 2.31. The third kappa shape index (κ3) is 6.72. The molecule has 1 aliphatic carbocycles. The molecule has 2 aromatic carbocycles. The van der Waals surface area contributed by atoms with Gasteiger partial charge >= 0.3 is 6.18 Å². The number of benzene rings is 2. The molecule has 0 unspecified atom stereocenters. The van der Waals surface area contributed by atoms with Crippen molar-refractivity contribution in [3.05, 3.63) is 48.2 Å². The predicted octanol–water partition coefficient (Wildman–Crippen LogP) is 5.82. The van der Waals surface area contributed by atoms with Crippen LogP contribution in [0.4, 0.5) is 24.5 Å². The molecule has 0 atom stereocenters. The zero-order valence-corrected chi connectivity index (χ0v) is 21.6. The lowest BCUT2D eigenvalue weighted by Crippen LogP contribution is -2.22. The number of ether oxygens (including phenoxy) is 1. The largest absolute Gasteiger partial charge is 0.495 e. The van der Waals surface area contributed by atoms with Gasteiger partial charge in [0.2, 0.25) is 0 Å². The van der Waals surface area contributed by atoms with E-state index in [4.69, 9.17) is 4.74 Å². The smallest absolute Gasteiger partial charge is 0.406 e. The van der Waals surface area contributed by atoms with Gasteiger partial charge in [-0.1, -0.05) is 31.2 Å². The molecule has 0 spiro atoms. The maximum Gasteiger partial charge on any atom is 0.406 e. The number of hydrogen-bond acceptors (Lipinski definition) is 5. The van der Waals surface area contributed by atoms with E-state index in [0.29, 0.717) is 28.4 Å². The van der Waals surface area contributed by atoms with Gasteiger partial charge in [-0.25, -0.2) is 8.42 Å². The molecular formula is C27H30F3N3O3S. The van der Waals surface area contributed by atoms with Gasteiger partial charge in [-0.3, -0.25) is 0 Å². The number of halogens is 3. The van der Waals surface area contributed by atoms with Crippen LogP contribution in [0.25, 0.3) is 10.9 Å². The van der Waals surface area contributed by atoms with Gasteiger partial charge in [0.25, 0.3) is 0 Å². The fraction of sp³-hybridized carbons (Fsp3) is 0.407. The van der Waals surface area contributed by atoms with Gasteiger partial charge in [0.05, 0.1) is 35.4 Å². The van der Waals surface area contributed by atoms with Crippen molar-refractivity contribution in [2.24, 2.45) is 0 Å². The number of anilines is 2. The van der Waals surface area contributed by atoms with Gasteiger partial charge in [-0.05, 0) is 49.1 Å². The first kappa shape index (κ1) is 26.7. The van der Waals surface area contributed by atoms with Crippen LogP contribution >= 0.6 is 0 Å². The summed E-state index contributed by atoms with van der Waals surface area (Å²) >= 11 is 0. The molecule has 0 aliphatic heterocycles. The average Bonchev–Trinajstić information content (AvgIpc) is 3.18. The Morgan fingerprint density at radius 1 is 1.08 bits per heavy atom. The van der Waals surface area contributed by atoms with Crippen molar-refractivity contribution >= 4 is 32.1 Å². The van der Waals surface area contributed by atoms with E-state index in [1.54, 1.807) is 24.3 Å². The summed E-state index contributed by atoms with van der Waals surface area (Å²) in [5.41, 5.74) is 2.10. The molecule has 0 radical (unpaired) electrons. The lowest BCUT2D eigenvalue weighted by Gasteiger charge is -2.24. The van der Waals surface area contributed by atoms with Crippen molar-refractivity contribution in [2.75, 3.05) is 30.5 Å². The van der Waals surface area contributed by atoms with E-state index in [0.717, 1.165) is 37.6 Å². The van der Waals surface area contributed by atoms with Crippen LogP contribution in [0, 0.1) is 11.8 Å². The Morgan fingerprint density at radius 3 is 2.51 bits per heavy atom. The van der Waals surface area contributed by atoms with Gasteiger partial charge < -0.3 is 19.9 Å². The zero-order valence-electron chi connectivity index (χ0n) is 20.8. The number of aromatic nitrogens is 1. The summed E-state index contributed by atoms with van der Waals surface area (Å²) < 4.78 is 70.4. The minimum Gasteiger partial charge on any atom is -0.495 e. The zero-order chi connectivity index (χ0) is 26.6. The van der Waals surface area contributed by atoms with Crippen LogP contribution in [-0.2, 0) is 16.4 Å². The van der Waals surface area contributed by atoms with Crippen molar-refractivity contribution in [3.63, 3.8) is 0 Å². The first-order valence-electron chi connectivity index (χ1n) is 12.1. The Balaban J connectivity index is 1.60. The van der Waals surface area contributed by atoms with Gasteiger partial charge in [-0.2, -0.15) is 13.2 Å². The number of fused-ring (bicyclic) bond motifs is 1. The van der Waals surface area contributed by atoms with Crippen molar-refractivity contribution in [1.82, 2.24) is 4.57 Å². The standard InChI is InChI=1S/C27H30F3N3O3S/c1-36-26-17-21(37(2,34)35)13-14-24(26)31-15-7-10-20-16-22-23(32-19-8-4-3-5-9-19)11-6-12-25(22)33(20)18-27(28,29)30/h6,11-14,16-17,19,31-32H,3-5,8-9,15,18H2,1-2H3. The molecule has 4 rings (SSSR count). The van der Waals surface area contributed by atoms with Crippen LogP contribution in [0.1, 0.15) is 37.8 Å². The minimum atomic E-state index is -4.40. The van der Waals surface area contributed by atoms with E-state index in [2.05, 4.69) is 22.5 Å². The molecule has 3 aromatic rings. The fourth-order valence-corrected chi connectivity index (χ4v) is 5.29. The number of hydrogen-bond donors (Lipinski definition) is 2. The monoisotopic (exact) mass is 533 g/mol. The molecule has 1 aliphatic rings. The second kappa shape index (κ2) is 11.0. The Morgan fingerprint density at radius 2 is 1.84 bits per heavy atom. The minimum absolute atomic E-state index is 0.120. The number of rotatable bonds is 7. The van der Waals surface area contributed by atoms with E-state index in [1.165, 1.54) is 30.2 Å². The summed E-state index contributed by atoms with van der Waals surface area (Å²) in [5.74, 6) is 6.10. The number of nitrogens with one attached hydrogen (secondary N) is 2. The molecule has 198 valence electrons. The van der Waals surface area contributed by atoms with Crippen molar-refractivity contribution in [2.45, 2.75) is 55.8 Å². The van der Waals surface area contributed by atoms with E-state index in [9.17, 15) is 21.6 Å². The molecule has 10 heteroatoms. The van der Waals surface area contributed by atoms with Crippen LogP contribution in [0.2, 0.25) is 0 Å². The molecular weight excluding hydrogens is 503 g/mol. The first-order chi connectivity index (χ1) is 17.5. The molecule has 0 bridgehead atoms. The highest BCUT2D eigenvalue weighted by atomic mass is 32.2. The van der Waals surface area contributed by atoms with Gasteiger partial charge in [-0.15, -0.1) is 0 Å². The van der Waals surface area contributed by atoms with Gasteiger partial charge in [0.15, 0.2) is 9.84 Å². The maximum absolute atomic E-state index is 13.5. The SMILES string of the molecule is COc1cc(S(C)(=O)=O)ccc1NCC#Cc1cc2c(NC3CCCCC3)cccc2n1CC(F)(F)F. The highest BCUT2D eigenvalue weighted by Crippen LogP contribution is 2.32. The van der Waals surface area contributed by atoms with Crippen molar-refractivity contribution in [1.29, 1.82) is 0 Å². The van der Waals surface area contributed by atoms with Crippen LogP contribution in [0.5, 0.6) is 5.75 Å². The molecule has 1 aromatic heterocycles. The summed E-state index contributed by atoms with van der Waals surface area (Å²) in [6, 6.07) is 11.8. The highest BCUT2D eigenvalue weighted by Gasteiger charge is 2.30. The van der Waals surface area contributed by atoms with E-state index in [-0.39, 0.29) is 17.1 Å². The predicted molar refractivity (Wildman–Crippen MR) is 140 cm³/mol. The number of sulfone groups is 1. The summed E-state index contributed by atoms with van der Waals surface area (Å²) in [4.78, 5) is 0.121. The molecule has 6 nitrogen and oxygen atoms in total. The molecule has 1 saturated carbocycles. The second-order valence-electron chi connectivity index (χ2n) is 9.24. The highest BCUT2D eigenvalue weighted by molar-refractivity contribution is 7.90. The molecule has 1 fully saturated rings. The van der Waals surface area contributed by atoms with Crippen molar-refractivity contribution in [3.8, 4) is 17.6 Å². The Labute approximate surface area is 215 Å². The second-order valence-corrected chi connectivity index (χ2v) is 11.3. The van der Waals surface area contributed by atoms with Crippen LogP contribution in [0.3, 0.4) is 0 Å². The lowest BCUT2D eigenvalue weighted by atomic mass is 9.95. The lowest BCUT2D eigenvalue weighted by molar-refractivity contribution is -0.140. The first-order valence-corrected chi connectivity index (χ1v) is 14.0. The third-order valence-corrected chi connectivity index (χ3v) is 7.54. The van der Waals surface area contributed by atoms with E-state index < -0.39 is 22.6 Å². The number of alkyl halides is 3. The number of methoxy groups -OCH3 is 1.